The molecule has 2 aliphatic heterocycles. The second kappa shape index (κ2) is 8.21. The Morgan fingerprint density at radius 2 is 1.40 bits per heavy atom. The van der Waals surface area contributed by atoms with Crippen LogP contribution in [-0.2, 0) is 18.6 Å². The van der Waals surface area contributed by atoms with Crippen molar-refractivity contribution >= 4 is 18.7 Å². The predicted molar refractivity (Wildman–Crippen MR) is 122 cm³/mol. The Kier molecular flexibility index (Phi) is 5.94. The average molecular weight is 427 g/mol. The van der Waals surface area contributed by atoms with E-state index in [1.807, 2.05) is 13.8 Å². The van der Waals surface area contributed by atoms with Crippen molar-refractivity contribution in [3.63, 3.8) is 0 Å². The minimum absolute atomic E-state index is 0.00860. The second-order valence-corrected chi connectivity index (χ2v) is 14.2. The molecule has 0 spiro atoms. The highest BCUT2D eigenvalue weighted by Gasteiger charge is 2.52. The van der Waals surface area contributed by atoms with E-state index in [1.54, 1.807) is 0 Å². The lowest BCUT2D eigenvalue weighted by Crippen LogP contribution is -2.67. The molecule has 2 aromatic carbocycles. The van der Waals surface area contributed by atoms with E-state index in [1.165, 1.54) is 10.4 Å². The van der Waals surface area contributed by atoms with Gasteiger partial charge in [-0.25, -0.2) is 0 Å². The van der Waals surface area contributed by atoms with Gasteiger partial charge in [-0.1, -0.05) is 81.4 Å². The third-order valence-electron chi connectivity index (χ3n) is 6.06. The molecule has 5 heteroatoms. The van der Waals surface area contributed by atoms with Crippen molar-refractivity contribution in [2.45, 2.75) is 70.2 Å². The first-order valence-electron chi connectivity index (χ1n) is 10.9. The summed E-state index contributed by atoms with van der Waals surface area (Å²) in [6.45, 7) is 12.2. The highest BCUT2D eigenvalue weighted by molar-refractivity contribution is 6.99. The summed E-state index contributed by atoms with van der Waals surface area (Å²) < 4.78 is 25.0. The number of epoxide rings is 1. The minimum Gasteiger partial charge on any atom is -0.405 e. The fraction of sp³-hybridized carbons (Fsp3) is 0.520. The van der Waals surface area contributed by atoms with Gasteiger partial charge >= 0.3 is 0 Å². The summed E-state index contributed by atoms with van der Waals surface area (Å²) in [7, 11) is -2.58. The molecule has 3 atom stereocenters. The molecule has 0 amide bonds. The molecule has 2 aliphatic rings. The summed E-state index contributed by atoms with van der Waals surface area (Å²) in [5.74, 6) is -0.598. The molecule has 0 aromatic heterocycles. The van der Waals surface area contributed by atoms with Gasteiger partial charge in [0.15, 0.2) is 5.79 Å². The van der Waals surface area contributed by atoms with Gasteiger partial charge in [0, 0.05) is 6.42 Å². The molecule has 0 N–H and O–H groups in total. The Morgan fingerprint density at radius 1 is 0.900 bits per heavy atom. The van der Waals surface area contributed by atoms with E-state index in [0.29, 0.717) is 12.7 Å². The Balaban J connectivity index is 1.68. The largest absolute Gasteiger partial charge is 0.405 e. The molecule has 162 valence electrons. The molecule has 0 aliphatic carbocycles. The van der Waals surface area contributed by atoms with Crippen LogP contribution in [0.3, 0.4) is 0 Å². The van der Waals surface area contributed by atoms with Crippen molar-refractivity contribution < 1.29 is 18.6 Å². The number of hydrogen-bond donors (Lipinski definition) is 0. The van der Waals surface area contributed by atoms with Crippen LogP contribution in [0.15, 0.2) is 60.7 Å². The molecule has 2 saturated heterocycles. The maximum absolute atomic E-state index is 7.07. The van der Waals surface area contributed by atoms with E-state index in [-0.39, 0.29) is 17.2 Å². The molecule has 4 rings (SSSR count). The molecule has 2 aromatic rings. The van der Waals surface area contributed by atoms with Crippen molar-refractivity contribution in [1.82, 2.24) is 0 Å². The van der Waals surface area contributed by atoms with Gasteiger partial charge in [0.2, 0.25) is 0 Å². The van der Waals surface area contributed by atoms with Crippen LogP contribution >= 0.6 is 0 Å². The maximum atomic E-state index is 7.07. The number of ether oxygens (including phenoxy) is 3. The summed E-state index contributed by atoms with van der Waals surface area (Å²) in [5, 5.41) is 2.51. The first-order valence-corrected chi connectivity index (χ1v) is 12.8. The number of hydrogen-bond acceptors (Lipinski definition) is 4. The van der Waals surface area contributed by atoms with Crippen molar-refractivity contribution in [3.8, 4) is 0 Å². The molecule has 2 heterocycles. The Hall–Kier alpha value is -1.50. The van der Waals surface area contributed by atoms with E-state index in [2.05, 4.69) is 81.4 Å². The van der Waals surface area contributed by atoms with Crippen molar-refractivity contribution in [1.29, 1.82) is 0 Å². The summed E-state index contributed by atoms with van der Waals surface area (Å²) >= 11 is 0. The standard InChI is InChI=1S/C25H34O4Si/c1-24(2,3)30(20-12-8-6-9-13-20,21-14-10-7-11-15-21)27-18-23-22(16-19-17-26-19)28-25(4,5)29-23/h6-15,19,22-23H,16-18H2,1-5H3/t19?,22-,23+/m0/s1. The van der Waals surface area contributed by atoms with Gasteiger partial charge in [0.05, 0.1) is 25.4 Å². The lowest BCUT2D eigenvalue weighted by molar-refractivity contribution is -0.149. The minimum atomic E-state index is -2.58. The zero-order valence-electron chi connectivity index (χ0n) is 18.8. The van der Waals surface area contributed by atoms with Crippen LogP contribution in [0.4, 0.5) is 0 Å². The summed E-state index contributed by atoms with van der Waals surface area (Å²) in [6.07, 6.45) is 1.04. The maximum Gasteiger partial charge on any atom is 0.261 e. The molecular weight excluding hydrogens is 392 g/mol. The number of benzene rings is 2. The highest BCUT2D eigenvalue weighted by atomic mass is 28.4. The van der Waals surface area contributed by atoms with Gasteiger partial charge in [-0.2, -0.15) is 0 Å². The fourth-order valence-electron chi connectivity index (χ4n) is 4.68. The van der Waals surface area contributed by atoms with Crippen LogP contribution in [0.5, 0.6) is 0 Å². The predicted octanol–water partition coefficient (Wildman–Crippen LogP) is 3.87. The fourth-order valence-corrected chi connectivity index (χ4v) is 9.25. The van der Waals surface area contributed by atoms with E-state index < -0.39 is 14.1 Å². The van der Waals surface area contributed by atoms with Crippen molar-refractivity contribution in [2.75, 3.05) is 13.2 Å². The van der Waals surface area contributed by atoms with Crippen LogP contribution in [0.1, 0.15) is 41.0 Å². The second-order valence-electron chi connectivity index (χ2n) is 9.88. The van der Waals surface area contributed by atoms with Gasteiger partial charge in [-0.3, -0.25) is 0 Å². The smallest absolute Gasteiger partial charge is 0.261 e. The molecule has 0 saturated carbocycles. The summed E-state index contributed by atoms with van der Waals surface area (Å²) in [6, 6.07) is 21.5. The highest BCUT2D eigenvalue weighted by Crippen LogP contribution is 2.39. The molecule has 1 unspecified atom stereocenters. The summed E-state index contributed by atoms with van der Waals surface area (Å²) in [4.78, 5) is 0. The molecule has 0 bridgehead atoms. The first kappa shape index (κ1) is 21.7. The number of rotatable bonds is 7. The Bertz CT molecular complexity index is 788. The molecule has 30 heavy (non-hydrogen) atoms. The van der Waals surface area contributed by atoms with Crippen molar-refractivity contribution in [2.24, 2.45) is 0 Å². The summed E-state index contributed by atoms with van der Waals surface area (Å²) in [5.41, 5.74) is 0. The molecule has 2 fully saturated rings. The molecular formula is C25H34O4Si. The van der Waals surface area contributed by atoms with Gasteiger partial charge < -0.3 is 18.6 Å². The lowest BCUT2D eigenvalue weighted by atomic mass is 10.1. The zero-order valence-corrected chi connectivity index (χ0v) is 19.8. The Morgan fingerprint density at radius 3 is 1.87 bits per heavy atom. The van der Waals surface area contributed by atoms with E-state index >= 15 is 0 Å². The lowest BCUT2D eigenvalue weighted by Gasteiger charge is -2.43. The van der Waals surface area contributed by atoms with E-state index in [4.69, 9.17) is 18.6 Å². The van der Waals surface area contributed by atoms with E-state index in [0.717, 1.165) is 13.0 Å². The van der Waals surface area contributed by atoms with Crippen LogP contribution in [0.2, 0.25) is 5.04 Å². The zero-order chi connectivity index (χ0) is 21.4. The van der Waals surface area contributed by atoms with Gasteiger partial charge in [-0.15, -0.1) is 0 Å². The molecule has 4 nitrogen and oxygen atoms in total. The van der Waals surface area contributed by atoms with Gasteiger partial charge in [0.25, 0.3) is 8.32 Å². The van der Waals surface area contributed by atoms with Crippen LogP contribution in [-0.4, -0.2) is 45.6 Å². The van der Waals surface area contributed by atoms with Crippen LogP contribution in [0.25, 0.3) is 0 Å². The average Bonchev–Trinajstić information content (AvgIpc) is 3.46. The van der Waals surface area contributed by atoms with Crippen LogP contribution < -0.4 is 10.4 Å². The molecule has 0 radical (unpaired) electrons. The first-order chi connectivity index (χ1) is 14.2. The van der Waals surface area contributed by atoms with Gasteiger partial charge in [0.1, 0.15) is 6.10 Å². The van der Waals surface area contributed by atoms with E-state index in [9.17, 15) is 0 Å². The van der Waals surface area contributed by atoms with Crippen LogP contribution in [0, 0.1) is 0 Å². The SMILES string of the molecule is CC1(C)O[C@@H](CC2CO2)[C@@H](CO[Si](c2ccccc2)(c2ccccc2)C(C)(C)C)O1. The third kappa shape index (κ3) is 4.41. The van der Waals surface area contributed by atoms with Gasteiger partial charge in [-0.05, 0) is 29.3 Å². The third-order valence-corrected chi connectivity index (χ3v) is 11.1. The topological polar surface area (TPSA) is 40.2 Å². The monoisotopic (exact) mass is 426 g/mol. The Labute approximate surface area is 181 Å². The quantitative estimate of drug-likeness (QED) is 0.498. The normalized spacial score (nSPS) is 26.0. The van der Waals surface area contributed by atoms with Crippen molar-refractivity contribution in [3.05, 3.63) is 60.7 Å².